The summed E-state index contributed by atoms with van der Waals surface area (Å²) in [4.78, 5) is 4.56. The number of pyridine rings is 1. The zero-order chi connectivity index (χ0) is 22.0. The molecule has 0 unspecified atom stereocenters. The molecule has 1 saturated carbocycles. The second kappa shape index (κ2) is 8.93. The van der Waals surface area contributed by atoms with Crippen LogP contribution in [-0.2, 0) is 10.0 Å². The molecule has 0 amide bonds. The molecule has 0 radical (unpaired) electrons. The lowest BCUT2D eigenvalue weighted by Gasteiger charge is -2.33. The molecular formula is C24H27FN2O3S. The minimum atomic E-state index is -3.62. The van der Waals surface area contributed by atoms with Crippen molar-refractivity contribution < 1.29 is 17.5 Å². The molecular weight excluding hydrogens is 415 g/mol. The number of hydrogen-bond acceptors (Lipinski definition) is 4. The fourth-order valence-corrected chi connectivity index (χ4v) is 5.95. The van der Waals surface area contributed by atoms with Crippen molar-refractivity contribution in [3.05, 3.63) is 66.1 Å². The first-order valence-electron chi connectivity index (χ1n) is 10.6. The molecule has 1 fully saturated rings. The Balaban J connectivity index is 1.43. The third-order valence-electron chi connectivity index (χ3n) is 6.35. The highest BCUT2D eigenvalue weighted by molar-refractivity contribution is 7.89. The summed E-state index contributed by atoms with van der Waals surface area (Å²) in [6.45, 7) is 1.93. The minimum Gasteiger partial charge on any atom is -0.497 e. The Morgan fingerprint density at radius 1 is 1.10 bits per heavy atom. The Hall–Kier alpha value is -2.51. The number of rotatable bonds is 6. The van der Waals surface area contributed by atoms with E-state index in [-0.39, 0.29) is 22.7 Å². The number of fused-ring (bicyclic) bond motifs is 1. The van der Waals surface area contributed by atoms with Crippen molar-refractivity contribution in [2.24, 2.45) is 5.92 Å². The van der Waals surface area contributed by atoms with Crippen LogP contribution in [0.15, 0.2) is 59.6 Å². The van der Waals surface area contributed by atoms with E-state index in [2.05, 4.69) is 9.71 Å². The number of hydrogen-bond donors (Lipinski definition) is 1. The summed E-state index contributed by atoms with van der Waals surface area (Å²) in [6, 6.07) is 13.0. The van der Waals surface area contributed by atoms with Crippen molar-refractivity contribution in [1.29, 1.82) is 0 Å². The van der Waals surface area contributed by atoms with Gasteiger partial charge in [0.1, 0.15) is 11.6 Å². The second-order valence-corrected chi connectivity index (χ2v) is 9.98. The number of halogens is 1. The van der Waals surface area contributed by atoms with Gasteiger partial charge in [-0.2, -0.15) is 0 Å². The van der Waals surface area contributed by atoms with E-state index < -0.39 is 10.0 Å². The molecule has 1 atom stereocenters. The summed E-state index contributed by atoms with van der Waals surface area (Å²) >= 11 is 0. The predicted octanol–water partition coefficient (Wildman–Crippen LogP) is 5.02. The number of benzene rings is 2. The third kappa shape index (κ3) is 4.72. The van der Waals surface area contributed by atoms with Gasteiger partial charge in [0, 0.05) is 23.7 Å². The number of methoxy groups -OCH3 is 1. The first kappa shape index (κ1) is 21.7. The molecule has 5 nitrogen and oxygen atoms in total. The van der Waals surface area contributed by atoms with Crippen molar-refractivity contribution in [3.8, 4) is 5.75 Å². The van der Waals surface area contributed by atoms with Crippen LogP contribution in [0, 0.1) is 11.7 Å². The molecule has 1 N–H and O–H groups in total. The largest absolute Gasteiger partial charge is 0.497 e. The first-order chi connectivity index (χ1) is 14.9. The lowest BCUT2D eigenvalue weighted by atomic mass is 9.76. The number of nitrogens with zero attached hydrogens (tertiary/aromatic N) is 1. The zero-order valence-electron chi connectivity index (χ0n) is 17.7. The van der Waals surface area contributed by atoms with Crippen LogP contribution in [-0.4, -0.2) is 26.6 Å². The fraction of sp³-hybridized carbons (Fsp3) is 0.375. The molecule has 4 rings (SSSR count). The smallest absolute Gasteiger partial charge is 0.240 e. The van der Waals surface area contributed by atoms with E-state index in [1.54, 1.807) is 36.5 Å². The predicted molar refractivity (Wildman–Crippen MR) is 119 cm³/mol. The van der Waals surface area contributed by atoms with Gasteiger partial charge in [-0.3, -0.25) is 4.98 Å². The van der Waals surface area contributed by atoms with E-state index in [9.17, 15) is 12.8 Å². The van der Waals surface area contributed by atoms with Crippen LogP contribution in [0.3, 0.4) is 0 Å². The van der Waals surface area contributed by atoms with Gasteiger partial charge in [0.05, 0.1) is 17.5 Å². The zero-order valence-corrected chi connectivity index (χ0v) is 18.5. The summed E-state index contributed by atoms with van der Waals surface area (Å²) in [5, 5.41) is 0.873. The van der Waals surface area contributed by atoms with Crippen LogP contribution < -0.4 is 9.46 Å². The Kier molecular flexibility index (Phi) is 6.25. The van der Waals surface area contributed by atoms with Gasteiger partial charge in [-0.25, -0.2) is 17.5 Å². The van der Waals surface area contributed by atoms with E-state index in [1.807, 2.05) is 13.0 Å². The van der Waals surface area contributed by atoms with Crippen LogP contribution in [0.25, 0.3) is 10.9 Å². The van der Waals surface area contributed by atoms with E-state index in [0.29, 0.717) is 11.7 Å². The molecule has 1 aliphatic rings. The minimum absolute atomic E-state index is 0.177. The van der Waals surface area contributed by atoms with E-state index in [0.717, 1.165) is 42.1 Å². The average Bonchev–Trinajstić information content (AvgIpc) is 2.78. The topological polar surface area (TPSA) is 68.3 Å². The van der Waals surface area contributed by atoms with Crippen LogP contribution in [0.2, 0.25) is 0 Å². The number of sulfonamides is 1. The molecule has 3 aromatic rings. The van der Waals surface area contributed by atoms with Crippen molar-refractivity contribution in [1.82, 2.24) is 9.71 Å². The Morgan fingerprint density at radius 3 is 2.61 bits per heavy atom. The lowest BCUT2D eigenvalue weighted by molar-refractivity contribution is 0.281. The highest BCUT2D eigenvalue weighted by atomic mass is 32.2. The quantitative estimate of drug-likeness (QED) is 0.582. The van der Waals surface area contributed by atoms with Gasteiger partial charge in [-0.15, -0.1) is 0 Å². The van der Waals surface area contributed by atoms with Gasteiger partial charge < -0.3 is 4.74 Å². The van der Waals surface area contributed by atoms with Crippen LogP contribution in [0.4, 0.5) is 4.39 Å². The summed E-state index contributed by atoms with van der Waals surface area (Å²) in [7, 11) is -2.11. The Morgan fingerprint density at radius 2 is 1.87 bits per heavy atom. The number of ether oxygens (including phenoxy) is 1. The van der Waals surface area contributed by atoms with Crippen LogP contribution in [0.1, 0.15) is 44.1 Å². The van der Waals surface area contributed by atoms with Crippen LogP contribution >= 0.6 is 0 Å². The van der Waals surface area contributed by atoms with E-state index >= 15 is 0 Å². The normalized spacial score (nSPS) is 20.5. The van der Waals surface area contributed by atoms with Gasteiger partial charge >= 0.3 is 0 Å². The molecule has 164 valence electrons. The molecule has 0 saturated heterocycles. The highest BCUT2D eigenvalue weighted by Crippen LogP contribution is 2.39. The van der Waals surface area contributed by atoms with Crippen molar-refractivity contribution >= 4 is 20.9 Å². The Bertz CT molecular complexity index is 1170. The summed E-state index contributed by atoms with van der Waals surface area (Å²) in [5.41, 5.74) is 1.94. The van der Waals surface area contributed by atoms with Gasteiger partial charge in [0.15, 0.2) is 0 Å². The maximum Gasteiger partial charge on any atom is 0.240 e. The van der Waals surface area contributed by atoms with Gasteiger partial charge in [0.2, 0.25) is 10.0 Å². The molecule has 7 heteroatoms. The van der Waals surface area contributed by atoms with E-state index in [1.165, 1.54) is 19.2 Å². The number of aromatic nitrogens is 1. The van der Waals surface area contributed by atoms with E-state index in [4.69, 9.17) is 4.74 Å². The molecule has 1 aliphatic carbocycles. The Labute approximate surface area is 182 Å². The van der Waals surface area contributed by atoms with Gasteiger partial charge in [-0.1, -0.05) is 6.07 Å². The van der Waals surface area contributed by atoms with Crippen molar-refractivity contribution in [2.75, 3.05) is 7.11 Å². The lowest BCUT2D eigenvalue weighted by Crippen LogP contribution is -2.39. The summed E-state index contributed by atoms with van der Waals surface area (Å²) < 4.78 is 47.4. The standard InChI is InChI=1S/C24H27FN2O3S/c1-16(27-31(28,29)21-5-3-4-20(15-21)30-2)17-6-8-18(9-7-17)22-12-13-26-24-11-10-19(25)14-23(22)24/h3-5,10-18,27H,6-9H2,1-2H3/t16-,17?,18?/m1/s1. The van der Waals surface area contributed by atoms with Crippen LogP contribution in [0.5, 0.6) is 5.75 Å². The second-order valence-electron chi connectivity index (χ2n) is 8.26. The van der Waals surface area contributed by atoms with Crippen molar-refractivity contribution in [2.45, 2.75) is 49.5 Å². The summed E-state index contributed by atoms with van der Waals surface area (Å²) in [5.74, 6) is 0.834. The molecule has 0 bridgehead atoms. The fourth-order valence-electron chi connectivity index (χ4n) is 4.60. The molecule has 1 aromatic heterocycles. The maximum absolute atomic E-state index is 13.8. The van der Waals surface area contributed by atoms with Crippen molar-refractivity contribution in [3.63, 3.8) is 0 Å². The molecule has 1 heterocycles. The molecule has 0 aliphatic heterocycles. The first-order valence-corrected chi connectivity index (χ1v) is 12.1. The number of nitrogens with one attached hydrogen (secondary N) is 1. The van der Waals surface area contributed by atoms with Gasteiger partial charge in [0.25, 0.3) is 0 Å². The highest BCUT2D eigenvalue weighted by Gasteiger charge is 2.29. The molecule has 31 heavy (non-hydrogen) atoms. The molecule has 2 aromatic carbocycles. The molecule has 0 spiro atoms. The average molecular weight is 443 g/mol. The summed E-state index contributed by atoms with van der Waals surface area (Å²) in [6.07, 6.45) is 5.47. The SMILES string of the molecule is COc1cccc(S(=O)(=O)N[C@H](C)C2CCC(c3ccnc4ccc(F)cc34)CC2)c1. The third-order valence-corrected chi connectivity index (χ3v) is 7.91. The maximum atomic E-state index is 13.8. The monoisotopic (exact) mass is 442 g/mol. The van der Waals surface area contributed by atoms with Gasteiger partial charge in [-0.05, 0) is 86.4 Å².